The molecule has 0 fully saturated rings. The van der Waals surface area contributed by atoms with Crippen LogP contribution in [-0.2, 0) is 0 Å². The molecule has 1 aromatic carbocycles. The summed E-state index contributed by atoms with van der Waals surface area (Å²) in [7, 11) is 0. The molecule has 0 saturated heterocycles. The first-order valence-corrected chi connectivity index (χ1v) is 9.51. The molecule has 0 spiro atoms. The number of benzene rings is 1. The van der Waals surface area contributed by atoms with Gasteiger partial charge in [0.15, 0.2) is 0 Å². The summed E-state index contributed by atoms with van der Waals surface area (Å²) in [4.78, 5) is 0. The molecule has 2 nitrogen and oxygen atoms in total. The first-order valence-electron chi connectivity index (χ1n) is 8.35. The van der Waals surface area contributed by atoms with Crippen molar-refractivity contribution < 1.29 is 4.74 Å². The van der Waals surface area contributed by atoms with Crippen LogP contribution in [-0.4, -0.2) is 24.7 Å². The number of nitrogens with one attached hydrogen (secondary N) is 1. The van der Waals surface area contributed by atoms with Crippen LogP contribution < -0.4 is 10.1 Å². The van der Waals surface area contributed by atoms with Gasteiger partial charge in [0.05, 0.1) is 6.61 Å². The zero-order valence-corrected chi connectivity index (χ0v) is 14.7. The Balaban J connectivity index is 2.54. The second-order valence-electron chi connectivity index (χ2n) is 5.35. The van der Waals surface area contributed by atoms with E-state index in [-0.39, 0.29) is 0 Å². The smallest absolute Gasteiger partial charge is 0.119 e. The van der Waals surface area contributed by atoms with Crippen molar-refractivity contribution in [1.82, 2.24) is 5.32 Å². The minimum absolute atomic E-state index is 0.451. The molecule has 0 amide bonds. The van der Waals surface area contributed by atoms with Crippen LogP contribution in [0, 0.1) is 0 Å². The van der Waals surface area contributed by atoms with Gasteiger partial charge in [-0.1, -0.05) is 39.3 Å². The van der Waals surface area contributed by atoms with Gasteiger partial charge in [-0.05, 0) is 49.3 Å². The van der Waals surface area contributed by atoms with E-state index in [1.54, 1.807) is 0 Å². The van der Waals surface area contributed by atoms with Crippen molar-refractivity contribution in [2.75, 3.05) is 24.7 Å². The fourth-order valence-electron chi connectivity index (χ4n) is 2.06. The Morgan fingerprint density at radius 2 is 1.81 bits per heavy atom. The monoisotopic (exact) mass is 309 g/mol. The molecule has 1 atom stereocenters. The van der Waals surface area contributed by atoms with Crippen LogP contribution in [0.25, 0.3) is 0 Å². The molecule has 0 aromatic heterocycles. The first-order chi connectivity index (χ1) is 10.3. The van der Waals surface area contributed by atoms with Crippen LogP contribution >= 0.6 is 11.8 Å². The second-order valence-corrected chi connectivity index (χ2v) is 6.50. The summed E-state index contributed by atoms with van der Waals surface area (Å²) in [5.41, 5.74) is 1.37. The largest absolute Gasteiger partial charge is 0.494 e. The minimum Gasteiger partial charge on any atom is -0.494 e. The predicted octanol–water partition coefficient (Wildman–Crippen LogP) is 5.05. The van der Waals surface area contributed by atoms with Gasteiger partial charge in [0.25, 0.3) is 0 Å². The van der Waals surface area contributed by atoms with Crippen molar-refractivity contribution in [1.29, 1.82) is 0 Å². The summed E-state index contributed by atoms with van der Waals surface area (Å²) in [6, 6.07) is 9.06. The third-order valence-corrected chi connectivity index (χ3v) is 4.47. The molecule has 21 heavy (non-hydrogen) atoms. The van der Waals surface area contributed by atoms with Crippen molar-refractivity contribution in [2.24, 2.45) is 0 Å². The number of hydrogen-bond acceptors (Lipinski definition) is 3. The van der Waals surface area contributed by atoms with Gasteiger partial charge in [-0.2, -0.15) is 11.8 Å². The highest BCUT2D eigenvalue weighted by atomic mass is 32.2. The molecule has 0 heterocycles. The predicted molar refractivity (Wildman–Crippen MR) is 95.5 cm³/mol. The molecule has 1 unspecified atom stereocenters. The van der Waals surface area contributed by atoms with E-state index < -0.39 is 0 Å². The van der Waals surface area contributed by atoms with Crippen molar-refractivity contribution in [3.63, 3.8) is 0 Å². The van der Waals surface area contributed by atoms with Crippen LogP contribution in [0.4, 0.5) is 0 Å². The van der Waals surface area contributed by atoms with E-state index in [0.29, 0.717) is 6.04 Å². The number of unbranched alkanes of at least 4 members (excludes halogenated alkanes) is 1. The van der Waals surface area contributed by atoms with E-state index in [1.165, 1.54) is 30.6 Å². The van der Waals surface area contributed by atoms with Crippen LogP contribution in [0.1, 0.15) is 58.1 Å². The Bertz CT molecular complexity index is 353. The van der Waals surface area contributed by atoms with Crippen molar-refractivity contribution in [3.05, 3.63) is 29.8 Å². The third-order valence-electron chi connectivity index (χ3n) is 3.32. The summed E-state index contributed by atoms with van der Waals surface area (Å²) >= 11 is 2.06. The Morgan fingerprint density at radius 3 is 2.43 bits per heavy atom. The lowest BCUT2D eigenvalue weighted by molar-refractivity contribution is 0.317. The van der Waals surface area contributed by atoms with Gasteiger partial charge < -0.3 is 10.1 Å². The van der Waals surface area contributed by atoms with Gasteiger partial charge >= 0.3 is 0 Å². The fraction of sp³-hybridized carbons (Fsp3) is 0.667. The highest BCUT2D eigenvalue weighted by Crippen LogP contribution is 2.22. The summed E-state index contributed by atoms with van der Waals surface area (Å²) in [6.07, 6.45) is 4.82. The average molecular weight is 310 g/mol. The molecule has 1 aromatic rings. The molecule has 1 rings (SSSR count). The minimum atomic E-state index is 0.451. The van der Waals surface area contributed by atoms with Crippen LogP contribution in [0.3, 0.4) is 0 Å². The molecule has 0 saturated carbocycles. The maximum Gasteiger partial charge on any atom is 0.119 e. The molecule has 0 aliphatic rings. The molecular weight excluding hydrogens is 278 g/mol. The molecule has 0 aliphatic carbocycles. The van der Waals surface area contributed by atoms with Gasteiger partial charge in [-0.25, -0.2) is 0 Å². The topological polar surface area (TPSA) is 21.3 Å². The van der Waals surface area contributed by atoms with Crippen molar-refractivity contribution in [2.45, 2.75) is 52.5 Å². The Labute approximate surface area is 135 Å². The molecule has 0 bridgehead atoms. The maximum absolute atomic E-state index is 5.66. The number of hydrogen-bond donors (Lipinski definition) is 1. The molecule has 120 valence electrons. The zero-order chi connectivity index (χ0) is 15.3. The SMILES string of the molecule is CCCCSCC(NCCC)c1ccc(OCCC)cc1. The molecule has 0 aliphatic heterocycles. The van der Waals surface area contributed by atoms with Crippen molar-refractivity contribution >= 4 is 11.8 Å². The third kappa shape index (κ3) is 7.77. The Hall–Kier alpha value is -0.670. The van der Waals surface area contributed by atoms with E-state index in [1.807, 2.05) is 0 Å². The van der Waals surface area contributed by atoms with E-state index >= 15 is 0 Å². The van der Waals surface area contributed by atoms with E-state index in [4.69, 9.17) is 4.74 Å². The summed E-state index contributed by atoms with van der Waals surface area (Å²) in [6.45, 7) is 8.47. The average Bonchev–Trinajstić information content (AvgIpc) is 2.53. The van der Waals surface area contributed by atoms with Gasteiger partial charge in [0.2, 0.25) is 0 Å². The standard InChI is InChI=1S/C18H31NOS/c1-4-7-14-21-15-18(19-12-5-2)16-8-10-17(11-9-16)20-13-6-3/h8-11,18-19H,4-7,12-15H2,1-3H3. The normalized spacial score (nSPS) is 12.3. The summed E-state index contributed by atoms with van der Waals surface area (Å²) in [5.74, 6) is 3.39. The number of ether oxygens (including phenoxy) is 1. The van der Waals surface area contributed by atoms with Gasteiger partial charge in [0, 0.05) is 11.8 Å². The van der Waals surface area contributed by atoms with Crippen LogP contribution in [0.15, 0.2) is 24.3 Å². The molecule has 3 heteroatoms. The Kier molecular flexibility index (Phi) is 10.4. The second kappa shape index (κ2) is 11.9. The maximum atomic E-state index is 5.66. The molecular formula is C18H31NOS. The molecule has 1 N–H and O–H groups in total. The number of rotatable bonds is 12. The summed E-state index contributed by atoms with van der Waals surface area (Å²) in [5, 5.41) is 3.66. The lowest BCUT2D eigenvalue weighted by atomic mass is 10.1. The van der Waals surface area contributed by atoms with Crippen LogP contribution in [0.5, 0.6) is 5.75 Å². The first kappa shape index (κ1) is 18.4. The zero-order valence-electron chi connectivity index (χ0n) is 13.9. The quantitative estimate of drug-likeness (QED) is 0.546. The van der Waals surface area contributed by atoms with Crippen molar-refractivity contribution in [3.8, 4) is 5.75 Å². The Morgan fingerprint density at radius 1 is 1.05 bits per heavy atom. The highest BCUT2D eigenvalue weighted by molar-refractivity contribution is 7.99. The fourth-order valence-corrected chi connectivity index (χ4v) is 3.26. The summed E-state index contributed by atoms with van der Waals surface area (Å²) < 4.78 is 5.66. The van der Waals surface area contributed by atoms with Gasteiger partial charge in [-0.3, -0.25) is 0 Å². The lowest BCUT2D eigenvalue weighted by Crippen LogP contribution is -2.24. The van der Waals surface area contributed by atoms with E-state index in [0.717, 1.165) is 31.1 Å². The van der Waals surface area contributed by atoms with Gasteiger partial charge in [0.1, 0.15) is 5.75 Å². The van der Waals surface area contributed by atoms with Crippen LogP contribution in [0.2, 0.25) is 0 Å². The highest BCUT2D eigenvalue weighted by Gasteiger charge is 2.10. The number of thioether (sulfide) groups is 1. The van der Waals surface area contributed by atoms with Gasteiger partial charge in [-0.15, -0.1) is 0 Å². The van der Waals surface area contributed by atoms with E-state index in [9.17, 15) is 0 Å². The lowest BCUT2D eigenvalue weighted by Gasteiger charge is -2.19. The van der Waals surface area contributed by atoms with E-state index in [2.05, 4.69) is 62.1 Å². The molecule has 0 radical (unpaired) electrons.